The molecule has 2 nitrogen and oxygen atoms in total. The van der Waals surface area contributed by atoms with E-state index in [0.717, 1.165) is 50.7 Å². The molecule has 0 spiro atoms. The maximum absolute atomic E-state index is 15.0. The van der Waals surface area contributed by atoms with E-state index in [1.54, 1.807) is 43.3 Å². The van der Waals surface area contributed by atoms with Crippen molar-refractivity contribution in [3.05, 3.63) is 88.5 Å². The van der Waals surface area contributed by atoms with Crippen LogP contribution in [0, 0.1) is 23.3 Å². The van der Waals surface area contributed by atoms with Crippen molar-refractivity contribution in [3.63, 3.8) is 0 Å². The minimum atomic E-state index is -1.01. The van der Waals surface area contributed by atoms with Gasteiger partial charge in [-0.15, -0.1) is 0 Å². The van der Waals surface area contributed by atoms with Crippen LogP contribution in [0.4, 0.5) is 17.6 Å². The molecule has 204 valence electrons. The molecule has 0 N–H and O–H groups in total. The summed E-state index contributed by atoms with van der Waals surface area (Å²) in [5.41, 5.74) is 2.37. The van der Waals surface area contributed by atoms with Gasteiger partial charge in [0.2, 0.25) is 5.82 Å². The standard InChI is InChI=1S/C32H36F4O2/c1-3-5-20-38-25-15-12-23(13-16-25)26-17-14-24(29(33)30(26)34)11-8-21-6-9-22(10-7-21)27-18-19-28(37-4-2)32(36)31(27)35/h6-7,9-10,14,17-19,23,25H,3-5,8,11-13,15-16,20H2,1-2H3. The number of ether oxygens (including phenoxy) is 2. The van der Waals surface area contributed by atoms with E-state index >= 15 is 4.39 Å². The normalized spacial score (nSPS) is 17.5. The van der Waals surface area contributed by atoms with Crippen LogP contribution in [0.1, 0.15) is 75.0 Å². The molecule has 0 atom stereocenters. The molecule has 4 rings (SSSR count). The highest BCUT2D eigenvalue weighted by Crippen LogP contribution is 2.37. The van der Waals surface area contributed by atoms with Crippen LogP contribution in [-0.4, -0.2) is 19.3 Å². The lowest BCUT2D eigenvalue weighted by Gasteiger charge is -2.29. The van der Waals surface area contributed by atoms with E-state index < -0.39 is 23.3 Å². The molecule has 0 amide bonds. The van der Waals surface area contributed by atoms with E-state index in [4.69, 9.17) is 9.47 Å². The molecule has 0 aromatic heterocycles. The zero-order valence-corrected chi connectivity index (χ0v) is 22.2. The molecule has 0 heterocycles. The van der Waals surface area contributed by atoms with Crippen LogP contribution in [-0.2, 0) is 17.6 Å². The minimum Gasteiger partial charge on any atom is -0.491 e. The van der Waals surface area contributed by atoms with Crippen molar-refractivity contribution in [2.75, 3.05) is 13.2 Å². The van der Waals surface area contributed by atoms with Crippen LogP contribution in [0.15, 0.2) is 48.5 Å². The van der Waals surface area contributed by atoms with Gasteiger partial charge in [0.25, 0.3) is 0 Å². The second kappa shape index (κ2) is 13.3. The largest absolute Gasteiger partial charge is 0.491 e. The first-order valence-electron chi connectivity index (χ1n) is 13.7. The van der Waals surface area contributed by atoms with Crippen molar-refractivity contribution in [1.29, 1.82) is 0 Å². The summed E-state index contributed by atoms with van der Waals surface area (Å²) in [5.74, 6) is -3.57. The quantitative estimate of drug-likeness (QED) is 0.183. The van der Waals surface area contributed by atoms with E-state index in [9.17, 15) is 13.2 Å². The fourth-order valence-corrected chi connectivity index (χ4v) is 5.20. The van der Waals surface area contributed by atoms with Crippen LogP contribution < -0.4 is 4.74 Å². The Labute approximate surface area is 223 Å². The lowest BCUT2D eigenvalue weighted by Crippen LogP contribution is -2.22. The lowest BCUT2D eigenvalue weighted by molar-refractivity contribution is 0.0230. The fourth-order valence-electron chi connectivity index (χ4n) is 5.20. The van der Waals surface area contributed by atoms with Gasteiger partial charge in [-0.25, -0.2) is 13.2 Å². The average molecular weight is 529 g/mol. The van der Waals surface area contributed by atoms with Crippen LogP contribution in [0.3, 0.4) is 0 Å². The maximum Gasteiger partial charge on any atom is 0.201 e. The van der Waals surface area contributed by atoms with E-state index in [1.165, 1.54) is 12.1 Å². The van der Waals surface area contributed by atoms with Crippen molar-refractivity contribution < 1.29 is 27.0 Å². The smallest absolute Gasteiger partial charge is 0.201 e. The summed E-state index contributed by atoms with van der Waals surface area (Å²) in [6, 6.07) is 13.3. The third-order valence-corrected chi connectivity index (χ3v) is 7.45. The zero-order chi connectivity index (χ0) is 27.1. The van der Waals surface area contributed by atoms with Gasteiger partial charge in [0.15, 0.2) is 23.2 Å². The maximum atomic E-state index is 15.0. The van der Waals surface area contributed by atoms with Crippen LogP contribution >= 0.6 is 0 Å². The molecular formula is C32H36F4O2. The Kier molecular flexibility index (Phi) is 9.84. The van der Waals surface area contributed by atoms with Gasteiger partial charge >= 0.3 is 0 Å². The molecule has 1 fully saturated rings. The van der Waals surface area contributed by atoms with Crippen molar-refractivity contribution in [2.24, 2.45) is 0 Å². The molecule has 3 aromatic rings. The van der Waals surface area contributed by atoms with Gasteiger partial charge in [-0.05, 0) is 92.2 Å². The lowest BCUT2D eigenvalue weighted by atomic mass is 9.82. The van der Waals surface area contributed by atoms with Gasteiger partial charge in [-0.1, -0.05) is 49.7 Å². The Morgan fingerprint density at radius 1 is 0.737 bits per heavy atom. The Balaban J connectivity index is 1.36. The SMILES string of the molecule is CCCCOC1CCC(c2ccc(CCc3ccc(-c4ccc(OCC)c(F)c4F)cc3)c(F)c2F)CC1. The molecular weight excluding hydrogens is 492 g/mol. The van der Waals surface area contributed by atoms with Gasteiger partial charge in [0.1, 0.15) is 0 Å². The molecule has 0 radical (unpaired) electrons. The topological polar surface area (TPSA) is 18.5 Å². The predicted octanol–water partition coefficient (Wildman–Crippen LogP) is 8.94. The summed E-state index contributed by atoms with van der Waals surface area (Å²) in [6.45, 7) is 4.85. The summed E-state index contributed by atoms with van der Waals surface area (Å²) in [4.78, 5) is 0. The number of unbranched alkanes of at least 4 members (excludes halogenated alkanes) is 1. The number of halogens is 4. The van der Waals surface area contributed by atoms with Gasteiger partial charge in [0, 0.05) is 12.2 Å². The van der Waals surface area contributed by atoms with Crippen LogP contribution in [0.25, 0.3) is 11.1 Å². The van der Waals surface area contributed by atoms with Gasteiger partial charge in [-0.3, -0.25) is 0 Å². The zero-order valence-electron chi connectivity index (χ0n) is 22.2. The third kappa shape index (κ3) is 6.58. The van der Waals surface area contributed by atoms with Gasteiger partial charge in [-0.2, -0.15) is 4.39 Å². The first-order valence-corrected chi connectivity index (χ1v) is 13.7. The summed E-state index contributed by atoms with van der Waals surface area (Å²) < 4.78 is 69.8. The van der Waals surface area contributed by atoms with Gasteiger partial charge < -0.3 is 9.47 Å². The molecule has 1 aliphatic rings. The Morgan fingerprint density at radius 2 is 1.47 bits per heavy atom. The highest BCUT2D eigenvalue weighted by atomic mass is 19.2. The number of rotatable bonds is 11. The third-order valence-electron chi connectivity index (χ3n) is 7.45. The summed E-state index contributed by atoms with van der Waals surface area (Å²) in [7, 11) is 0. The van der Waals surface area contributed by atoms with Crippen molar-refractivity contribution in [2.45, 2.75) is 77.2 Å². The first kappa shape index (κ1) is 28.2. The summed E-state index contributed by atoms with van der Waals surface area (Å²) >= 11 is 0. The van der Waals surface area contributed by atoms with Crippen molar-refractivity contribution >= 4 is 0 Å². The highest BCUT2D eigenvalue weighted by Gasteiger charge is 2.26. The number of aryl methyl sites for hydroxylation is 2. The van der Waals surface area contributed by atoms with Gasteiger partial charge in [0.05, 0.1) is 12.7 Å². The molecule has 6 heteroatoms. The number of hydrogen-bond donors (Lipinski definition) is 0. The van der Waals surface area contributed by atoms with Crippen LogP contribution in [0.2, 0.25) is 0 Å². The monoisotopic (exact) mass is 528 g/mol. The number of hydrogen-bond acceptors (Lipinski definition) is 2. The predicted molar refractivity (Wildman–Crippen MR) is 143 cm³/mol. The highest BCUT2D eigenvalue weighted by molar-refractivity contribution is 5.65. The molecule has 0 aliphatic heterocycles. The van der Waals surface area contributed by atoms with Crippen LogP contribution in [0.5, 0.6) is 5.75 Å². The summed E-state index contributed by atoms with van der Waals surface area (Å²) in [6.07, 6.45) is 6.56. The van der Waals surface area contributed by atoms with E-state index in [-0.39, 0.29) is 29.9 Å². The summed E-state index contributed by atoms with van der Waals surface area (Å²) in [5, 5.41) is 0. The van der Waals surface area contributed by atoms with E-state index in [0.29, 0.717) is 29.5 Å². The molecule has 38 heavy (non-hydrogen) atoms. The Morgan fingerprint density at radius 3 is 2.16 bits per heavy atom. The Bertz CT molecular complexity index is 1200. The van der Waals surface area contributed by atoms with Crippen molar-refractivity contribution in [3.8, 4) is 16.9 Å². The Hall–Kier alpha value is -2.86. The van der Waals surface area contributed by atoms with Crippen molar-refractivity contribution in [1.82, 2.24) is 0 Å². The second-order valence-electron chi connectivity index (χ2n) is 10.0. The molecule has 3 aromatic carbocycles. The van der Waals surface area contributed by atoms with E-state index in [2.05, 4.69) is 6.92 Å². The molecule has 0 saturated heterocycles. The van der Waals surface area contributed by atoms with E-state index in [1.807, 2.05) is 0 Å². The number of benzene rings is 3. The molecule has 0 unspecified atom stereocenters. The fraction of sp³-hybridized carbons (Fsp3) is 0.438. The minimum absolute atomic E-state index is 0.0185. The molecule has 0 bridgehead atoms. The average Bonchev–Trinajstić information content (AvgIpc) is 2.93. The molecule has 1 saturated carbocycles. The second-order valence-corrected chi connectivity index (χ2v) is 10.0. The first-order chi connectivity index (χ1) is 18.4. The molecule has 1 aliphatic carbocycles.